The van der Waals surface area contributed by atoms with Gasteiger partial charge in [-0.2, -0.15) is 0 Å². The lowest BCUT2D eigenvalue weighted by molar-refractivity contribution is 0.281. The summed E-state index contributed by atoms with van der Waals surface area (Å²) in [4.78, 5) is 11.4. The summed E-state index contributed by atoms with van der Waals surface area (Å²) in [6, 6.07) is 14.7. The first kappa shape index (κ1) is 21.6. The molecular weight excluding hydrogens is 414 g/mol. The number of anilines is 1. The lowest BCUT2D eigenvalue weighted by atomic mass is 10.0. The Morgan fingerprint density at radius 2 is 1.70 bits per heavy atom. The van der Waals surface area contributed by atoms with Gasteiger partial charge in [0.05, 0.1) is 23.8 Å². The minimum Gasteiger partial charge on any atom is -0.494 e. The zero-order chi connectivity index (χ0) is 22.8. The molecule has 0 aliphatic carbocycles. The number of hydrogen-bond acceptors (Lipinski definition) is 7. The van der Waals surface area contributed by atoms with Crippen LogP contribution in [0.4, 0.5) is 5.95 Å². The molecule has 33 heavy (non-hydrogen) atoms. The molecule has 4 aromatic rings. The van der Waals surface area contributed by atoms with Crippen LogP contribution in [0, 0.1) is 0 Å². The Morgan fingerprint density at radius 1 is 0.939 bits per heavy atom. The third kappa shape index (κ3) is 4.62. The van der Waals surface area contributed by atoms with Gasteiger partial charge in [-0.1, -0.05) is 18.2 Å². The van der Waals surface area contributed by atoms with Gasteiger partial charge in [-0.05, 0) is 63.0 Å². The van der Waals surface area contributed by atoms with Crippen molar-refractivity contribution in [3.8, 4) is 16.9 Å². The maximum Gasteiger partial charge on any atom is 0.232 e. The summed E-state index contributed by atoms with van der Waals surface area (Å²) < 4.78 is 8.03. The van der Waals surface area contributed by atoms with Gasteiger partial charge in [0.15, 0.2) is 5.65 Å². The molecule has 3 heterocycles. The topological polar surface area (TPSA) is 62.0 Å². The number of hydrogen-bond donors (Lipinski definition) is 0. The first-order chi connectivity index (χ1) is 16.1. The zero-order valence-corrected chi connectivity index (χ0v) is 19.6. The first-order valence-electron chi connectivity index (χ1n) is 11.5. The number of ether oxygens (including phenoxy) is 1. The maximum atomic E-state index is 5.89. The Bertz CT molecular complexity index is 1230. The molecule has 0 amide bonds. The summed E-state index contributed by atoms with van der Waals surface area (Å²) in [7, 11) is 6.32. The average Bonchev–Trinajstić information content (AvgIpc) is 3.27. The van der Waals surface area contributed by atoms with Crippen LogP contribution in [0.5, 0.6) is 5.75 Å². The number of aromatic nitrogens is 4. The standard InChI is InChI=1S/C25H31N7O/c1-29(2)11-4-16-33-21-8-5-19(6-9-21)20-7-10-22-23(17-20)32-24(18-26-22)27-28-25(32)31-14-12-30(3)13-15-31/h5-10,17-18H,4,11-16H2,1-3H3. The first-order valence-corrected chi connectivity index (χ1v) is 11.5. The molecule has 172 valence electrons. The van der Waals surface area contributed by atoms with Crippen molar-refractivity contribution < 1.29 is 4.74 Å². The van der Waals surface area contributed by atoms with Crippen molar-refractivity contribution in [3.05, 3.63) is 48.7 Å². The van der Waals surface area contributed by atoms with E-state index in [2.05, 4.69) is 85.8 Å². The van der Waals surface area contributed by atoms with Crippen LogP contribution in [0.3, 0.4) is 0 Å². The molecule has 2 aromatic heterocycles. The number of fused-ring (bicyclic) bond motifs is 3. The molecule has 2 aromatic carbocycles. The highest BCUT2D eigenvalue weighted by atomic mass is 16.5. The summed E-state index contributed by atoms with van der Waals surface area (Å²) in [5.74, 6) is 1.79. The molecule has 0 bridgehead atoms. The molecule has 0 radical (unpaired) electrons. The van der Waals surface area contributed by atoms with Crippen LogP contribution in [-0.2, 0) is 0 Å². The minimum atomic E-state index is 0.722. The molecule has 0 N–H and O–H groups in total. The molecule has 8 heteroatoms. The Balaban J connectivity index is 1.43. The second-order valence-corrected chi connectivity index (χ2v) is 8.98. The fourth-order valence-corrected chi connectivity index (χ4v) is 4.25. The van der Waals surface area contributed by atoms with Crippen LogP contribution in [-0.4, -0.2) is 89.9 Å². The van der Waals surface area contributed by atoms with E-state index in [0.717, 1.165) is 85.3 Å². The largest absolute Gasteiger partial charge is 0.494 e. The normalized spacial score (nSPS) is 15.1. The van der Waals surface area contributed by atoms with E-state index in [1.54, 1.807) is 6.20 Å². The zero-order valence-electron chi connectivity index (χ0n) is 19.6. The smallest absolute Gasteiger partial charge is 0.232 e. The summed E-state index contributed by atoms with van der Waals surface area (Å²) >= 11 is 0. The summed E-state index contributed by atoms with van der Waals surface area (Å²) in [6.45, 7) is 5.67. The highest BCUT2D eigenvalue weighted by Gasteiger charge is 2.20. The molecule has 0 spiro atoms. The van der Waals surface area contributed by atoms with Gasteiger partial charge in [0, 0.05) is 32.7 Å². The predicted octanol–water partition coefficient (Wildman–Crippen LogP) is 3.03. The monoisotopic (exact) mass is 445 g/mol. The fraction of sp³-hybridized carbons (Fsp3) is 0.400. The highest BCUT2D eigenvalue weighted by molar-refractivity contribution is 5.84. The molecule has 0 unspecified atom stereocenters. The van der Waals surface area contributed by atoms with Gasteiger partial charge in [-0.15, -0.1) is 10.2 Å². The minimum absolute atomic E-state index is 0.722. The van der Waals surface area contributed by atoms with E-state index < -0.39 is 0 Å². The lowest BCUT2D eigenvalue weighted by Gasteiger charge is -2.32. The van der Waals surface area contributed by atoms with E-state index in [9.17, 15) is 0 Å². The van der Waals surface area contributed by atoms with Crippen LogP contribution >= 0.6 is 0 Å². The molecule has 1 aliphatic rings. The van der Waals surface area contributed by atoms with Crippen LogP contribution in [0.1, 0.15) is 6.42 Å². The van der Waals surface area contributed by atoms with Gasteiger partial charge in [0.2, 0.25) is 5.95 Å². The van der Waals surface area contributed by atoms with E-state index in [1.807, 2.05) is 12.1 Å². The van der Waals surface area contributed by atoms with E-state index in [1.165, 1.54) is 0 Å². The van der Waals surface area contributed by atoms with Gasteiger partial charge >= 0.3 is 0 Å². The van der Waals surface area contributed by atoms with E-state index >= 15 is 0 Å². The molecule has 5 rings (SSSR count). The Kier molecular flexibility index (Phi) is 6.11. The molecule has 1 aliphatic heterocycles. The van der Waals surface area contributed by atoms with Crippen LogP contribution < -0.4 is 9.64 Å². The number of benzene rings is 2. The van der Waals surface area contributed by atoms with Gasteiger partial charge in [0.1, 0.15) is 5.75 Å². The van der Waals surface area contributed by atoms with Crippen molar-refractivity contribution >= 4 is 22.6 Å². The summed E-state index contributed by atoms with van der Waals surface area (Å²) in [5, 5.41) is 8.91. The fourth-order valence-electron chi connectivity index (χ4n) is 4.25. The number of likely N-dealkylation sites (N-methyl/N-ethyl adjacent to an activating group) is 1. The van der Waals surface area contributed by atoms with E-state index in [4.69, 9.17) is 4.74 Å². The average molecular weight is 446 g/mol. The van der Waals surface area contributed by atoms with Crippen molar-refractivity contribution in [2.45, 2.75) is 6.42 Å². The van der Waals surface area contributed by atoms with Crippen molar-refractivity contribution in [1.29, 1.82) is 0 Å². The van der Waals surface area contributed by atoms with Gasteiger partial charge in [-0.3, -0.25) is 9.38 Å². The van der Waals surface area contributed by atoms with Crippen LogP contribution in [0.2, 0.25) is 0 Å². The summed E-state index contributed by atoms with van der Waals surface area (Å²) in [5.41, 5.74) is 5.00. The van der Waals surface area contributed by atoms with E-state index in [-0.39, 0.29) is 0 Å². The third-order valence-corrected chi connectivity index (χ3v) is 6.20. The predicted molar refractivity (Wildman–Crippen MR) is 132 cm³/mol. The Labute approximate surface area is 194 Å². The molecule has 0 atom stereocenters. The Morgan fingerprint density at radius 3 is 2.45 bits per heavy atom. The van der Waals surface area contributed by atoms with Gasteiger partial charge in [0.25, 0.3) is 0 Å². The molecule has 1 fully saturated rings. The third-order valence-electron chi connectivity index (χ3n) is 6.20. The van der Waals surface area contributed by atoms with Gasteiger partial charge < -0.3 is 19.4 Å². The summed E-state index contributed by atoms with van der Waals surface area (Å²) in [6.07, 6.45) is 2.81. The highest BCUT2D eigenvalue weighted by Crippen LogP contribution is 2.28. The van der Waals surface area contributed by atoms with Crippen molar-refractivity contribution in [3.63, 3.8) is 0 Å². The number of piperazine rings is 1. The second kappa shape index (κ2) is 9.33. The lowest BCUT2D eigenvalue weighted by Crippen LogP contribution is -2.45. The maximum absolute atomic E-state index is 5.89. The van der Waals surface area contributed by atoms with Crippen molar-refractivity contribution in [1.82, 2.24) is 29.4 Å². The molecule has 0 saturated carbocycles. The molecule has 8 nitrogen and oxygen atoms in total. The second-order valence-electron chi connectivity index (χ2n) is 8.98. The number of rotatable bonds is 7. The quantitative estimate of drug-likeness (QED) is 0.405. The van der Waals surface area contributed by atoms with Crippen molar-refractivity contribution in [2.24, 2.45) is 0 Å². The SMILES string of the molecule is CN(C)CCCOc1ccc(-c2ccc3ncc4nnc(N5CCN(C)CC5)n4c3c2)cc1. The molecular formula is C25H31N7O. The van der Waals surface area contributed by atoms with Crippen LogP contribution in [0.15, 0.2) is 48.7 Å². The molecule has 1 saturated heterocycles. The van der Waals surface area contributed by atoms with Gasteiger partial charge in [-0.25, -0.2) is 0 Å². The van der Waals surface area contributed by atoms with Crippen molar-refractivity contribution in [2.75, 3.05) is 65.4 Å². The van der Waals surface area contributed by atoms with E-state index in [0.29, 0.717) is 0 Å². The Hall–Kier alpha value is -3.23. The van der Waals surface area contributed by atoms with Crippen LogP contribution in [0.25, 0.3) is 27.8 Å². The number of nitrogens with zero attached hydrogens (tertiary/aromatic N) is 7.